The largest absolute Gasteiger partial charge is 0.476 e. The van der Waals surface area contributed by atoms with Gasteiger partial charge in [-0.1, -0.05) is 23.2 Å². The van der Waals surface area contributed by atoms with Crippen LogP contribution in [0, 0.1) is 6.07 Å². The number of hydrogen-bond acceptors (Lipinski definition) is 2. The summed E-state index contributed by atoms with van der Waals surface area (Å²) < 4.78 is 5.27. The third-order valence-electron chi connectivity index (χ3n) is 1.64. The summed E-state index contributed by atoms with van der Waals surface area (Å²) in [5, 5.41) is 0.946. The van der Waals surface area contributed by atoms with Crippen molar-refractivity contribution in [3.63, 3.8) is 0 Å². The quantitative estimate of drug-likeness (QED) is 0.705. The Hall–Kier alpha value is -0.730. The first-order chi connectivity index (χ1) is 6.25. The molecule has 0 amide bonds. The van der Waals surface area contributed by atoms with Crippen LogP contribution in [-0.4, -0.2) is 19.0 Å². The zero-order valence-electron chi connectivity index (χ0n) is 6.68. The summed E-state index contributed by atoms with van der Waals surface area (Å²) in [6.45, 7) is 1.33. The van der Waals surface area contributed by atoms with E-state index in [2.05, 4.69) is 11.1 Å². The first kappa shape index (κ1) is 8.85. The maximum absolute atomic E-state index is 5.78. The Morgan fingerprint density at radius 3 is 2.54 bits per heavy atom. The molecule has 0 aromatic heterocycles. The maximum Gasteiger partial charge on any atom is 0.216 e. The number of ether oxygens (including phenoxy) is 1. The van der Waals surface area contributed by atoms with Gasteiger partial charge in [0.15, 0.2) is 0 Å². The summed E-state index contributed by atoms with van der Waals surface area (Å²) in [7, 11) is 0. The molecule has 2 nitrogen and oxygen atoms in total. The molecule has 1 radical (unpaired) electrons. The monoisotopic (exact) mass is 214 g/mol. The van der Waals surface area contributed by atoms with E-state index in [4.69, 9.17) is 27.9 Å². The lowest BCUT2D eigenvalue weighted by atomic mass is 10.2. The van der Waals surface area contributed by atoms with E-state index < -0.39 is 0 Å². The highest BCUT2D eigenvalue weighted by Crippen LogP contribution is 2.20. The van der Waals surface area contributed by atoms with Crippen molar-refractivity contribution in [3.8, 4) is 0 Å². The molecule has 0 fully saturated rings. The van der Waals surface area contributed by atoms with Crippen LogP contribution in [0.3, 0.4) is 0 Å². The van der Waals surface area contributed by atoms with Gasteiger partial charge in [0, 0.05) is 11.6 Å². The highest BCUT2D eigenvalue weighted by Gasteiger charge is 2.11. The van der Waals surface area contributed by atoms with E-state index in [1.54, 1.807) is 12.1 Å². The van der Waals surface area contributed by atoms with Gasteiger partial charge in [-0.05, 0) is 12.1 Å². The van der Waals surface area contributed by atoms with E-state index in [9.17, 15) is 0 Å². The minimum absolute atomic E-state index is 0.473. The van der Waals surface area contributed by atoms with Gasteiger partial charge in [-0.2, -0.15) is 0 Å². The number of rotatable bonds is 1. The van der Waals surface area contributed by atoms with Crippen molar-refractivity contribution in [2.45, 2.75) is 0 Å². The Bertz CT molecular complexity index is 342. The molecule has 1 heterocycles. The first-order valence-corrected chi connectivity index (χ1v) is 4.57. The third-order valence-corrected chi connectivity index (χ3v) is 2.04. The molecule has 0 bridgehead atoms. The SMILES string of the molecule is Clc1[c]c(Cl)cc(C2=NCCO2)c1. The van der Waals surface area contributed by atoms with Crippen molar-refractivity contribution in [1.29, 1.82) is 0 Å². The second kappa shape index (κ2) is 3.56. The number of hydrogen-bond donors (Lipinski definition) is 0. The number of nitrogens with zero attached hydrogens (tertiary/aromatic N) is 1. The van der Waals surface area contributed by atoms with Crippen LogP contribution in [0.5, 0.6) is 0 Å². The summed E-state index contributed by atoms with van der Waals surface area (Å²) in [4.78, 5) is 4.15. The summed E-state index contributed by atoms with van der Waals surface area (Å²) in [5.74, 6) is 0.609. The van der Waals surface area contributed by atoms with Gasteiger partial charge >= 0.3 is 0 Å². The maximum atomic E-state index is 5.78. The molecule has 2 rings (SSSR count). The van der Waals surface area contributed by atoms with Crippen molar-refractivity contribution in [1.82, 2.24) is 0 Å². The van der Waals surface area contributed by atoms with Crippen LogP contribution in [0.4, 0.5) is 0 Å². The lowest BCUT2D eigenvalue weighted by Crippen LogP contribution is -2.00. The molecule has 0 aliphatic carbocycles. The molecule has 4 heteroatoms. The lowest BCUT2D eigenvalue weighted by molar-refractivity contribution is 0.348. The molecule has 0 unspecified atom stereocenters. The van der Waals surface area contributed by atoms with Crippen molar-refractivity contribution >= 4 is 29.1 Å². The zero-order chi connectivity index (χ0) is 9.26. The van der Waals surface area contributed by atoms with Gasteiger partial charge in [0.2, 0.25) is 5.90 Å². The van der Waals surface area contributed by atoms with Gasteiger partial charge < -0.3 is 4.74 Å². The van der Waals surface area contributed by atoms with Gasteiger partial charge in [0.25, 0.3) is 0 Å². The molecular weight excluding hydrogens is 209 g/mol. The van der Waals surface area contributed by atoms with Crippen LogP contribution >= 0.6 is 23.2 Å². The Labute approximate surface area is 86.1 Å². The number of benzene rings is 1. The predicted molar refractivity (Wildman–Crippen MR) is 52.7 cm³/mol. The molecule has 1 aromatic carbocycles. The average Bonchev–Trinajstić information content (AvgIpc) is 2.53. The van der Waals surface area contributed by atoms with Gasteiger partial charge in [-0.15, -0.1) is 0 Å². The van der Waals surface area contributed by atoms with E-state index in [0.717, 1.165) is 5.56 Å². The van der Waals surface area contributed by atoms with Crippen molar-refractivity contribution in [2.75, 3.05) is 13.2 Å². The minimum atomic E-state index is 0.473. The normalized spacial score (nSPS) is 15.4. The molecule has 1 aliphatic rings. The van der Waals surface area contributed by atoms with E-state index in [1.807, 2.05) is 0 Å². The van der Waals surface area contributed by atoms with Crippen molar-refractivity contribution < 1.29 is 4.74 Å². The average molecular weight is 215 g/mol. The first-order valence-electron chi connectivity index (χ1n) is 3.82. The molecule has 67 valence electrons. The van der Waals surface area contributed by atoms with Crippen molar-refractivity contribution in [3.05, 3.63) is 33.8 Å². The summed E-state index contributed by atoms with van der Waals surface area (Å²) in [6.07, 6.45) is 0. The third kappa shape index (κ3) is 1.95. The zero-order valence-corrected chi connectivity index (χ0v) is 8.19. The van der Waals surface area contributed by atoms with E-state index >= 15 is 0 Å². The van der Waals surface area contributed by atoms with Crippen LogP contribution in [-0.2, 0) is 4.74 Å². The van der Waals surface area contributed by atoms with Crippen LogP contribution in [0.2, 0.25) is 10.0 Å². The topological polar surface area (TPSA) is 21.6 Å². The minimum Gasteiger partial charge on any atom is -0.476 e. The summed E-state index contributed by atoms with van der Waals surface area (Å²) >= 11 is 11.6. The van der Waals surface area contributed by atoms with Crippen LogP contribution in [0.25, 0.3) is 0 Å². The van der Waals surface area contributed by atoms with Gasteiger partial charge in [0.1, 0.15) is 6.61 Å². The highest BCUT2D eigenvalue weighted by atomic mass is 35.5. The summed E-state index contributed by atoms with van der Waals surface area (Å²) in [6, 6.07) is 6.22. The van der Waals surface area contributed by atoms with E-state index in [1.165, 1.54) is 0 Å². The second-order valence-electron chi connectivity index (χ2n) is 2.60. The highest BCUT2D eigenvalue weighted by molar-refractivity contribution is 6.34. The van der Waals surface area contributed by atoms with Gasteiger partial charge in [0.05, 0.1) is 16.6 Å². The molecule has 1 aromatic rings. The fourth-order valence-electron chi connectivity index (χ4n) is 1.13. The summed E-state index contributed by atoms with van der Waals surface area (Å²) in [5.41, 5.74) is 0.811. The van der Waals surface area contributed by atoms with Gasteiger partial charge in [-0.25, -0.2) is 4.99 Å². The Morgan fingerprint density at radius 2 is 2.00 bits per heavy atom. The Kier molecular flexibility index (Phi) is 2.42. The van der Waals surface area contributed by atoms with Crippen LogP contribution in [0.15, 0.2) is 17.1 Å². The smallest absolute Gasteiger partial charge is 0.216 e. The van der Waals surface area contributed by atoms with E-state index in [0.29, 0.717) is 29.1 Å². The number of halogens is 2. The Morgan fingerprint density at radius 1 is 1.31 bits per heavy atom. The van der Waals surface area contributed by atoms with Gasteiger partial charge in [-0.3, -0.25) is 0 Å². The second-order valence-corrected chi connectivity index (χ2v) is 3.41. The Balaban J connectivity index is 2.39. The molecule has 0 saturated heterocycles. The predicted octanol–water partition coefficient (Wildman–Crippen LogP) is 2.57. The molecule has 0 spiro atoms. The molecule has 13 heavy (non-hydrogen) atoms. The molecular formula is C9H6Cl2NO. The standard InChI is InChI=1S/C9H6Cl2NO/c10-7-3-6(4-8(11)5-7)9-12-1-2-13-9/h3-4H,1-2H2. The van der Waals surface area contributed by atoms with Crippen LogP contribution in [0.1, 0.15) is 5.56 Å². The number of aliphatic imine (C=N–C) groups is 1. The van der Waals surface area contributed by atoms with Crippen LogP contribution < -0.4 is 0 Å². The fourth-order valence-corrected chi connectivity index (χ4v) is 1.62. The molecule has 0 N–H and O–H groups in total. The van der Waals surface area contributed by atoms with E-state index in [-0.39, 0.29) is 0 Å². The lowest BCUT2D eigenvalue weighted by Gasteiger charge is -2.02. The molecule has 0 saturated carbocycles. The van der Waals surface area contributed by atoms with Crippen molar-refractivity contribution in [2.24, 2.45) is 4.99 Å². The molecule has 1 aliphatic heterocycles. The fraction of sp³-hybridized carbons (Fsp3) is 0.222. The molecule has 0 atom stereocenters.